The molecule has 3 rings (SSSR count). The zero-order chi connectivity index (χ0) is 18.4. The third-order valence-electron chi connectivity index (χ3n) is 4.21. The van der Waals surface area contributed by atoms with Gasteiger partial charge in [-0.25, -0.2) is 4.79 Å². The Labute approximate surface area is 152 Å². The van der Waals surface area contributed by atoms with Crippen LogP contribution in [0.1, 0.15) is 42.1 Å². The van der Waals surface area contributed by atoms with Gasteiger partial charge in [-0.3, -0.25) is 4.79 Å². The number of esters is 1. The van der Waals surface area contributed by atoms with Gasteiger partial charge in [-0.05, 0) is 43.5 Å². The lowest BCUT2D eigenvalue weighted by atomic mass is 10.2. The van der Waals surface area contributed by atoms with E-state index >= 15 is 0 Å². The highest BCUT2D eigenvalue weighted by Gasteiger charge is 2.27. The molecule has 1 atom stereocenters. The summed E-state index contributed by atoms with van der Waals surface area (Å²) >= 11 is 0. The standard InChI is InChI=1S/C21H22O5/c1-2-24-21(23)16-11-12-19(25-14-15-7-4-3-5-8-15)20(13-16)26-18-10-6-9-17(18)22/h3-5,7-8,11-13,18H,2,6,9-10,14H2,1H3. The van der Waals surface area contributed by atoms with Gasteiger partial charge in [-0.15, -0.1) is 0 Å². The highest BCUT2D eigenvalue weighted by molar-refractivity contribution is 5.90. The molecule has 2 aromatic carbocycles. The second-order valence-corrected chi connectivity index (χ2v) is 6.12. The zero-order valence-electron chi connectivity index (χ0n) is 14.8. The smallest absolute Gasteiger partial charge is 0.338 e. The SMILES string of the molecule is CCOC(=O)c1ccc(OCc2ccccc2)c(OC2CCCC2=O)c1. The van der Waals surface area contributed by atoms with Crippen molar-refractivity contribution in [2.45, 2.75) is 38.9 Å². The molecule has 1 aliphatic carbocycles. The van der Waals surface area contributed by atoms with Crippen molar-refractivity contribution < 1.29 is 23.8 Å². The van der Waals surface area contributed by atoms with E-state index in [1.807, 2.05) is 30.3 Å². The van der Waals surface area contributed by atoms with Gasteiger partial charge in [0.1, 0.15) is 6.61 Å². The van der Waals surface area contributed by atoms with Crippen molar-refractivity contribution in [1.82, 2.24) is 0 Å². The third-order valence-corrected chi connectivity index (χ3v) is 4.21. The van der Waals surface area contributed by atoms with Crippen LogP contribution in [0.3, 0.4) is 0 Å². The van der Waals surface area contributed by atoms with Crippen LogP contribution < -0.4 is 9.47 Å². The topological polar surface area (TPSA) is 61.8 Å². The van der Waals surface area contributed by atoms with Gasteiger partial charge in [0.15, 0.2) is 23.4 Å². The monoisotopic (exact) mass is 354 g/mol. The minimum atomic E-state index is -0.480. The first-order valence-electron chi connectivity index (χ1n) is 8.84. The molecule has 5 heteroatoms. The number of hydrogen-bond acceptors (Lipinski definition) is 5. The molecule has 26 heavy (non-hydrogen) atoms. The fraction of sp³-hybridized carbons (Fsp3) is 0.333. The molecule has 1 fully saturated rings. The van der Waals surface area contributed by atoms with Crippen LogP contribution in [0.4, 0.5) is 0 Å². The van der Waals surface area contributed by atoms with Crippen molar-refractivity contribution in [1.29, 1.82) is 0 Å². The molecule has 136 valence electrons. The van der Waals surface area contributed by atoms with Crippen LogP contribution in [0.25, 0.3) is 0 Å². The van der Waals surface area contributed by atoms with E-state index in [0.717, 1.165) is 12.0 Å². The Kier molecular flexibility index (Phi) is 5.89. The van der Waals surface area contributed by atoms with Crippen molar-refractivity contribution in [2.75, 3.05) is 6.61 Å². The molecule has 0 aromatic heterocycles. The number of carbonyl (C=O) groups is 2. The molecular formula is C21H22O5. The van der Waals surface area contributed by atoms with E-state index in [-0.39, 0.29) is 5.78 Å². The number of ketones is 1. The lowest BCUT2D eigenvalue weighted by Gasteiger charge is -2.17. The van der Waals surface area contributed by atoms with Crippen molar-refractivity contribution in [2.24, 2.45) is 0 Å². The largest absolute Gasteiger partial charge is 0.485 e. The molecule has 0 N–H and O–H groups in total. The fourth-order valence-corrected chi connectivity index (χ4v) is 2.86. The minimum absolute atomic E-state index is 0.0838. The second kappa shape index (κ2) is 8.52. The quantitative estimate of drug-likeness (QED) is 0.705. The number of rotatable bonds is 7. The summed E-state index contributed by atoms with van der Waals surface area (Å²) in [6, 6.07) is 14.7. The van der Waals surface area contributed by atoms with Gasteiger partial charge in [-0.2, -0.15) is 0 Å². The summed E-state index contributed by atoms with van der Waals surface area (Å²) in [6.07, 6.45) is 1.55. The second-order valence-electron chi connectivity index (χ2n) is 6.12. The molecule has 0 radical (unpaired) electrons. The molecule has 0 amide bonds. The van der Waals surface area contributed by atoms with Crippen molar-refractivity contribution in [3.05, 3.63) is 59.7 Å². The maximum atomic E-state index is 12.0. The van der Waals surface area contributed by atoms with Crippen molar-refractivity contribution >= 4 is 11.8 Å². The Morgan fingerprint density at radius 3 is 2.62 bits per heavy atom. The van der Waals surface area contributed by atoms with Crippen LogP contribution in [-0.4, -0.2) is 24.5 Å². The van der Waals surface area contributed by atoms with E-state index in [9.17, 15) is 9.59 Å². The predicted octanol–water partition coefficient (Wildman–Crippen LogP) is 3.94. The van der Waals surface area contributed by atoms with E-state index in [1.54, 1.807) is 25.1 Å². The summed E-state index contributed by atoms with van der Waals surface area (Å²) in [4.78, 5) is 23.9. The Balaban J connectivity index is 1.81. The number of Topliss-reactive ketones (excluding diaryl/α,β-unsaturated/α-hetero) is 1. The van der Waals surface area contributed by atoms with Crippen molar-refractivity contribution in [3.8, 4) is 11.5 Å². The molecule has 2 aromatic rings. The first-order chi connectivity index (χ1) is 12.7. The molecule has 5 nitrogen and oxygen atoms in total. The molecule has 0 spiro atoms. The van der Waals surface area contributed by atoms with Gasteiger partial charge >= 0.3 is 5.97 Å². The van der Waals surface area contributed by atoms with E-state index in [0.29, 0.717) is 43.1 Å². The van der Waals surface area contributed by atoms with Gasteiger partial charge < -0.3 is 14.2 Å². The summed E-state index contributed by atoms with van der Waals surface area (Å²) in [5.41, 5.74) is 1.39. The number of carbonyl (C=O) groups excluding carboxylic acids is 2. The van der Waals surface area contributed by atoms with E-state index < -0.39 is 12.1 Å². The summed E-state index contributed by atoms with van der Waals surface area (Å²) in [6.45, 7) is 2.42. The molecule has 0 saturated heterocycles. The molecule has 0 aliphatic heterocycles. The molecule has 1 saturated carbocycles. The molecule has 1 unspecified atom stereocenters. The van der Waals surface area contributed by atoms with E-state index in [1.165, 1.54) is 0 Å². The van der Waals surface area contributed by atoms with Crippen molar-refractivity contribution in [3.63, 3.8) is 0 Å². The Morgan fingerprint density at radius 2 is 1.92 bits per heavy atom. The molecule has 1 aliphatic rings. The number of ether oxygens (including phenoxy) is 3. The average Bonchev–Trinajstić information content (AvgIpc) is 3.06. The number of benzene rings is 2. The lowest BCUT2D eigenvalue weighted by Crippen LogP contribution is -2.21. The van der Waals surface area contributed by atoms with Crippen LogP contribution in [0.2, 0.25) is 0 Å². The van der Waals surface area contributed by atoms with E-state index in [4.69, 9.17) is 14.2 Å². The van der Waals surface area contributed by atoms with Crippen LogP contribution in [0.15, 0.2) is 48.5 Å². The van der Waals surface area contributed by atoms with Crippen LogP contribution in [0.5, 0.6) is 11.5 Å². The predicted molar refractivity (Wildman–Crippen MR) is 96.4 cm³/mol. The minimum Gasteiger partial charge on any atom is -0.485 e. The van der Waals surface area contributed by atoms with E-state index in [2.05, 4.69) is 0 Å². The Bertz CT molecular complexity index is 769. The summed E-state index contributed by atoms with van der Waals surface area (Å²) in [5, 5.41) is 0. The van der Waals surface area contributed by atoms with Gasteiger partial charge in [0.2, 0.25) is 0 Å². The van der Waals surface area contributed by atoms with Crippen LogP contribution >= 0.6 is 0 Å². The summed E-state index contributed by atoms with van der Waals surface area (Å²) < 4.78 is 16.8. The van der Waals surface area contributed by atoms with Crippen LogP contribution in [-0.2, 0) is 16.1 Å². The fourth-order valence-electron chi connectivity index (χ4n) is 2.86. The molecular weight excluding hydrogens is 332 g/mol. The zero-order valence-corrected chi connectivity index (χ0v) is 14.8. The van der Waals surface area contributed by atoms with Crippen LogP contribution in [0, 0.1) is 0 Å². The molecule has 0 heterocycles. The van der Waals surface area contributed by atoms with Gasteiger partial charge in [-0.1, -0.05) is 30.3 Å². The average molecular weight is 354 g/mol. The van der Waals surface area contributed by atoms with Gasteiger partial charge in [0.25, 0.3) is 0 Å². The molecule has 0 bridgehead atoms. The third kappa shape index (κ3) is 4.42. The normalized spacial score (nSPS) is 16.3. The maximum Gasteiger partial charge on any atom is 0.338 e. The lowest BCUT2D eigenvalue weighted by molar-refractivity contribution is -0.123. The van der Waals surface area contributed by atoms with Gasteiger partial charge in [0, 0.05) is 6.42 Å². The summed E-state index contributed by atoms with van der Waals surface area (Å²) in [5.74, 6) is 0.554. The van der Waals surface area contributed by atoms with Gasteiger partial charge in [0.05, 0.1) is 12.2 Å². The summed E-state index contributed by atoms with van der Waals surface area (Å²) in [7, 11) is 0. The highest BCUT2D eigenvalue weighted by Crippen LogP contribution is 2.32. The first-order valence-corrected chi connectivity index (χ1v) is 8.84. The highest BCUT2D eigenvalue weighted by atomic mass is 16.5. The Morgan fingerprint density at radius 1 is 1.12 bits per heavy atom. The first kappa shape index (κ1) is 18.0. The Hall–Kier alpha value is -2.82. The number of hydrogen-bond donors (Lipinski definition) is 0. The maximum absolute atomic E-state index is 12.0.